The third kappa shape index (κ3) is 3.63. The van der Waals surface area contributed by atoms with Crippen LogP contribution in [0.3, 0.4) is 0 Å². The van der Waals surface area contributed by atoms with Crippen LogP contribution in [0.15, 0.2) is 24.3 Å². The third-order valence-corrected chi connectivity index (χ3v) is 5.57. The quantitative estimate of drug-likeness (QED) is 0.799. The lowest BCUT2D eigenvalue weighted by atomic mass is 9.89. The highest BCUT2D eigenvalue weighted by Crippen LogP contribution is 2.35. The van der Waals surface area contributed by atoms with E-state index in [9.17, 15) is 0 Å². The number of rotatable bonds is 6. The molecule has 4 rings (SSSR count). The van der Waals surface area contributed by atoms with E-state index in [1.54, 1.807) is 0 Å². The summed E-state index contributed by atoms with van der Waals surface area (Å²) < 4.78 is 0. The van der Waals surface area contributed by atoms with E-state index in [0.29, 0.717) is 6.04 Å². The molecule has 24 heavy (non-hydrogen) atoms. The predicted octanol–water partition coefficient (Wildman–Crippen LogP) is 4.83. The van der Waals surface area contributed by atoms with Crippen LogP contribution in [-0.2, 0) is 0 Å². The molecular formula is C20H28N4. The molecule has 0 aliphatic heterocycles. The molecule has 1 atom stereocenters. The zero-order valence-electron chi connectivity index (χ0n) is 14.6. The molecule has 4 nitrogen and oxygen atoms in total. The minimum Gasteiger partial charge on any atom is -0.367 e. The van der Waals surface area contributed by atoms with Crippen molar-refractivity contribution >= 4 is 22.7 Å². The first-order chi connectivity index (χ1) is 11.8. The predicted molar refractivity (Wildman–Crippen MR) is 100 cm³/mol. The molecule has 0 bridgehead atoms. The van der Waals surface area contributed by atoms with Crippen molar-refractivity contribution in [3.05, 3.63) is 24.3 Å². The second-order valence-corrected chi connectivity index (χ2v) is 7.57. The highest BCUT2D eigenvalue weighted by Gasteiger charge is 2.28. The molecule has 0 saturated heterocycles. The lowest BCUT2D eigenvalue weighted by molar-refractivity contribution is 0.373. The first kappa shape index (κ1) is 15.7. The van der Waals surface area contributed by atoms with Crippen LogP contribution >= 0.6 is 0 Å². The Labute approximate surface area is 144 Å². The van der Waals surface area contributed by atoms with Crippen LogP contribution in [0.4, 0.5) is 11.8 Å². The molecule has 0 radical (unpaired) electrons. The summed E-state index contributed by atoms with van der Waals surface area (Å²) in [6.07, 6.45) is 9.49. The summed E-state index contributed by atoms with van der Waals surface area (Å²) in [6.45, 7) is 3.26. The number of para-hydroxylation sites is 1. The maximum absolute atomic E-state index is 4.80. The normalized spacial score (nSPS) is 20.0. The van der Waals surface area contributed by atoms with Crippen molar-refractivity contribution in [3.8, 4) is 0 Å². The van der Waals surface area contributed by atoms with Gasteiger partial charge in [-0.1, -0.05) is 31.4 Å². The molecule has 1 aromatic heterocycles. The molecule has 0 spiro atoms. The molecule has 1 unspecified atom stereocenters. The van der Waals surface area contributed by atoms with Crippen molar-refractivity contribution in [2.24, 2.45) is 11.8 Å². The van der Waals surface area contributed by atoms with Gasteiger partial charge in [-0.15, -0.1) is 0 Å². The maximum atomic E-state index is 4.80. The Morgan fingerprint density at radius 3 is 2.62 bits per heavy atom. The Bertz CT molecular complexity index is 689. The van der Waals surface area contributed by atoms with Gasteiger partial charge in [0.25, 0.3) is 0 Å². The average molecular weight is 324 g/mol. The van der Waals surface area contributed by atoms with Gasteiger partial charge in [0.2, 0.25) is 5.95 Å². The molecule has 0 amide bonds. The lowest BCUT2D eigenvalue weighted by Crippen LogP contribution is -2.21. The minimum absolute atomic E-state index is 0.481. The fourth-order valence-electron chi connectivity index (χ4n) is 3.82. The smallest absolute Gasteiger partial charge is 0.225 e. The van der Waals surface area contributed by atoms with E-state index in [1.807, 2.05) is 6.07 Å². The Hall–Kier alpha value is -1.84. The highest BCUT2D eigenvalue weighted by atomic mass is 15.1. The van der Waals surface area contributed by atoms with Gasteiger partial charge in [-0.3, -0.25) is 0 Å². The van der Waals surface area contributed by atoms with Crippen LogP contribution in [0.1, 0.15) is 51.9 Å². The first-order valence-corrected chi connectivity index (χ1v) is 9.57. The molecule has 1 heterocycles. The Kier molecular flexibility index (Phi) is 4.54. The molecular weight excluding hydrogens is 296 g/mol. The molecule has 4 heteroatoms. The Morgan fingerprint density at radius 1 is 1.04 bits per heavy atom. The zero-order chi connectivity index (χ0) is 16.4. The van der Waals surface area contributed by atoms with Gasteiger partial charge in [-0.25, -0.2) is 4.98 Å². The van der Waals surface area contributed by atoms with Gasteiger partial charge in [0.15, 0.2) is 0 Å². The summed E-state index contributed by atoms with van der Waals surface area (Å²) >= 11 is 0. The molecule has 2 aromatic rings. The van der Waals surface area contributed by atoms with Gasteiger partial charge in [0, 0.05) is 18.0 Å². The molecule has 2 aliphatic rings. The third-order valence-electron chi connectivity index (χ3n) is 5.57. The van der Waals surface area contributed by atoms with Crippen LogP contribution in [0.5, 0.6) is 0 Å². The van der Waals surface area contributed by atoms with Gasteiger partial charge < -0.3 is 10.6 Å². The fraction of sp³-hybridized carbons (Fsp3) is 0.600. The Morgan fingerprint density at radius 2 is 1.83 bits per heavy atom. The standard InChI is InChI=1S/C20H28N4/c1-14(16-11-12-16)22-19-17-9-5-6-10-18(17)23-20(24-19)21-13-15-7-3-2-4-8-15/h5-6,9-10,14-16H,2-4,7-8,11-13H2,1H3,(H2,21,22,23,24). The van der Waals surface area contributed by atoms with E-state index in [0.717, 1.165) is 41.0 Å². The van der Waals surface area contributed by atoms with Crippen molar-refractivity contribution in [3.63, 3.8) is 0 Å². The summed E-state index contributed by atoms with van der Waals surface area (Å²) in [5.74, 6) is 3.32. The van der Waals surface area contributed by atoms with E-state index in [-0.39, 0.29) is 0 Å². The number of aromatic nitrogens is 2. The molecule has 2 saturated carbocycles. The number of nitrogens with one attached hydrogen (secondary N) is 2. The van der Waals surface area contributed by atoms with Crippen LogP contribution < -0.4 is 10.6 Å². The van der Waals surface area contributed by atoms with E-state index in [2.05, 4.69) is 35.8 Å². The second kappa shape index (κ2) is 6.96. The van der Waals surface area contributed by atoms with Crippen LogP contribution in [0, 0.1) is 11.8 Å². The van der Waals surface area contributed by atoms with E-state index >= 15 is 0 Å². The largest absolute Gasteiger partial charge is 0.367 e. The van der Waals surface area contributed by atoms with E-state index in [4.69, 9.17) is 9.97 Å². The van der Waals surface area contributed by atoms with Crippen molar-refractivity contribution in [1.82, 2.24) is 9.97 Å². The van der Waals surface area contributed by atoms with Gasteiger partial charge in [0.1, 0.15) is 5.82 Å². The summed E-state index contributed by atoms with van der Waals surface area (Å²) in [6, 6.07) is 8.79. The number of nitrogens with zero attached hydrogens (tertiary/aromatic N) is 2. The number of fused-ring (bicyclic) bond motifs is 1. The monoisotopic (exact) mass is 324 g/mol. The van der Waals surface area contributed by atoms with Gasteiger partial charge in [-0.05, 0) is 56.6 Å². The molecule has 128 valence electrons. The Balaban J connectivity index is 1.53. The SMILES string of the molecule is CC(Nc1nc(NCC2CCCCC2)nc2ccccc12)C1CC1. The summed E-state index contributed by atoms with van der Waals surface area (Å²) in [5.41, 5.74) is 1.02. The van der Waals surface area contributed by atoms with E-state index in [1.165, 1.54) is 44.9 Å². The number of anilines is 2. The molecule has 2 N–H and O–H groups in total. The van der Waals surface area contributed by atoms with Crippen molar-refractivity contribution in [2.45, 2.75) is 57.9 Å². The molecule has 2 fully saturated rings. The topological polar surface area (TPSA) is 49.8 Å². The highest BCUT2D eigenvalue weighted by molar-refractivity contribution is 5.90. The van der Waals surface area contributed by atoms with Crippen LogP contribution in [0.25, 0.3) is 10.9 Å². The zero-order valence-corrected chi connectivity index (χ0v) is 14.6. The van der Waals surface area contributed by atoms with Crippen LogP contribution in [-0.4, -0.2) is 22.6 Å². The first-order valence-electron chi connectivity index (χ1n) is 9.57. The second-order valence-electron chi connectivity index (χ2n) is 7.57. The van der Waals surface area contributed by atoms with Gasteiger partial charge in [0.05, 0.1) is 5.52 Å². The summed E-state index contributed by atoms with van der Waals surface area (Å²) in [7, 11) is 0. The fourth-order valence-corrected chi connectivity index (χ4v) is 3.82. The van der Waals surface area contributed by atoms with E-state index < -0.39 is 0 Å². The molecule has 2 aliphatic carbocycles. The summed E-state index contributed by atoms with van der Waals surface area (Å²) in [4.78, 5) is 9.53. The number of benzene rings is 1. The maximum Gasteiger partial charge on any atom is 0.225 e. The van der Waals surface area contributed by atoms with Crippen molar-refractivity contribution < 1.29 is 0 Å². The lowest BCUT2D eigenvalue weighted by Gasteiger charge is -2.22. The number of hydrogen-bond acceptors (Lipinski definition) is 4. The van der Waals surface area contributed by atoms with Crippen molar-refractivity contribution in [1.29, 1.82) is 0 Å². The van der Waals surface area contributed by atoms with Gasteiger partial charge >= 0.3 is 0 Å². The van der Waals surface area contributed by atoms with Crippen molar-refractivity contribution in [2.75, 3.05) is 17.2 Å². The van der Waals surface area contributed by atoms with Gasteiger partial charge in [-0.2, -0.15) is 4.98 Å². The van der Waals surface area contributed by atoms with Crippen LogP contribution in [0.2, 0.25) is 0 Å². The number of hydrogen-bond donors (Lipinski definition) is 2. The minimum atomic E-state index is 0.481. The summed E-state index contributed by atoms with van der Waals surface area (Å²) in [5, 5.41) is 8.26. The average Bonchev–Trinajstić information content (AvgIpc) is 3.46. The molecule has 1 aromatic carbocycles.